The lowest BCUT2D eigenvalue weighted by atomic mass is 9.95. The maximum Gasteiger partial charge on any atom is 0.340 e. The quantitative estimate of drug-likeness (QED) is 0.646. The van der Waals surface area contributed by atoms with E-state index < -0.39 is 5.97 Å². The van der Waals surface area contributed by atoms with Gasteiger partial charge in [-0.2, -0.15) is 0 Å². The molecule has 0 aliphatic carbocycles. The normalized spacial score (nSPS) is 10.3. The van der Waals surface area contributed by atoms with Crippen LogP contribution in [0.3, 0.4) is 0 Å². The number of ether oxygens (including phenoxy) is 3. The van der Waals surface area contributed by atoms with Gasteiger partial charge in [0.2, 0.25) is 0 Å². The molecule has 0 saturated heterocycles. The Kier molecular flexibility index (Phi) is 5.17. The van der Waals surface area contributed by atoms with E-state index in [2.05, 4.69) is 4.98 Å². The van der Waals surface area contributed by atoms with Crippen LogP contribution in [0.2, 0.25) is 0 Å². The topological polar surface area (TPSA) is 57.7 Å². The molecule has 0 unspecified atom stereocenters. The number of methoxy groups -OCH3 is 3. The van der Waals surface area contributed by atoms with Gasteiger partial charge in [0.25, 0.3) is 0 Å². The molecule has 0 N–H and O–H groups in total. The zero-order valence-corrected chi connectivity index (χ0v) is 14.9. The van der Waals surface area contributed by atoms with Crippen LogP contribution in [-0.4, -0.2) is 32.3 Å². The first-order valence-electron chi connectivity index (χ1n) is 8.05. The van der Waals surface area contributed by atoms with Crippen LogP contribution in [-0.2, 0) is 4.74 Å². The van der Waals surface area contributed by atoms with E-state index in [0.717, 1.165) is 5.56 Å². The highest BCUT2D eigenvalue weighted by atomic mass is 16.5. The summed E-state index contributed by atoms with van der Waals surface area (Å²) in [5.41, 5.74) is 3.05. The molecule has 26 heavy (non-hydrogen) atoms. The summed E-state index contributed by atoms with van der Waals surface area (Å²) in [4.78, 5) is 17.1. The molecule has 0 spiro atoms. The monoisotopic (exact) mass is 349 g/mol. The van der Waals surface area contributed by atoms with Crippen molar-refractivity contribution in [3.8, 4) is 33.9 Å². The number of aromatic nitrogens is 1. The van der Waals surface area contributed by atoms with Crippen LogP contribution in [0.25, 0.3) is 22.4 Å². The number of carbonyl (C=O) groups excluding carboxylic acids is 1. The average Bonchev–Trinajstić information content (AvgIpc) is 2.72. The van der Waals surface area contributed by atoms with Gasteiger partial charge in [-0.15, -0.1) is 0 Å². The molecule has 0 bridgehead atoms. The van der Waals surface area contributed by atoms with Gasteiger partial charge in [0.1, 0.15) is 11.5 Å². The van der Waals surface area contributed by atoms with Crippen molar-refractivity contribution in [1.82, 2.24) is 4.98 Å². The second-order valence-corrected chi connectivity index (χ2v) is 5.47. The van der Waals surface area contributed by atoms with E-state index in [1.54, 1.807) is 26.5 Å². The predicted molar refractivity (Wildman–Crippen MR) is 99.6 cm³/mol. The SMILES string of the molecule is COC(=O)c1c(-c2ccccc2OC)ccnc1-c1ccccc1OC. The van der Waals surface area contributed by atoms with Crippen molar-refractivity contribution >= 4 is 5.97 Å². The number of para-hydroxylation sites is 2. The fraction of sp³-hybridized carbons (Fsp3) is 0.143. The summed E-state index contributed by atoms with van der Waals surface area (Å²) in [6, 6.07) is 16.7. The number of carbonyl (C=O) groups is 1. The maximum atomic E-state index is 12.7. The van der Waals surface area contributed by atoms with Gasteiger partial charge < -0.3 is 14.2 Å². The van der Waals surface area contributed by atoms with Crippen LogP contribution in [0, 0.1) is 0 Å². The first-order valence-corrected chi connectivity index (χ1v) is 8.05. The van der Waals surface area contributed by atoms with E-state index in [0.29, 0.717) is 33.9 Å². The highest BCUT2D eigenvalue weighted by Gasteiger charge is 2.23. The number of benzene rings is 2. The van der Waals surface area contributed by atoms with Gasteiger partial charge in [-0.3, -0.25) is 4.98 Å². The molecule has 0 aliphatic heterocycles. The van der Waals surface area contributed by atoms with Crippen LogP contribution >= 0.6 is 0 Å². The molecule has 5 heteroatoms. The molecule has 0 saturated carbocycles. The van der Waals surface area contributed by atoms with E-state index in [1.165, 1.54) is 7.11 Å². The van der Waals surface area contributed by atoms with E-state index in [9.17, 15) is 4.79 Å². The van der Waals surface area contributed by atoms with Crippen molar-refractivity contribution < 1.29 is 19.0 Å². The second-order valence-electron chi connectivity index (χ2n) is 5.47. The Bertz CT molecular complexity index is 871. The molecule has 3 aromatic rings. The third-order valence-electron chi connectivity index (χ3n) is 4.10. The van der Waals surface area contributed by atoms with Gasteiger partial charge in [0, 0.05) is 22.9 Å². The number of rotatable bonds is 5. The number of hydrogen-bond acceptors (Lipinski definition) is 5. The molecule has 1 aromatic heterocycles. The lowest BCUT2D eigenvalue weighted by Crippen LogP contribution is -2.08. The summed E-state index contributed by atoms with van der Waals surface area (Å²) in [6.07, 6.45) is 1.66. The standard InChI is InChI=1S/C21H19NO4/c1-24-17-10-6-4-8-14(17)15-12-13-22-20(19(15)21(23)26-3)16-9-5-7-11-18(16)25-2/h4-13H,1-3H3. The molecule has 0 atom stereocenters. The smallest absolute Gasteiger partial charge is 0.340 e. The third kappa shape index (κ3) is 3.11. The summed E-state index contributed by atoms with van der Waals surface area (Å²) in [5.74, 6) is 0.817. The molecule has 5 nitrogen and oxygen atoms in total. The fourth-order valence-corrected chi connectivity index (χ4v) is 2.91. The molecular formula is C21H19NO4. The number of esters is 1. The maximum absolute atomic E-state index is 12.7. The van der Waals surface area contributed by atoms with E-state index in [-0.39, 0.29) is 0 Å². The van der Waals surface area contributed by atoms with Gasteiger partial charge in [-0.25, -0.2) is 4.79 Å². The van der Waals surface area contributed by atoms with E-state index in [4.69, 9.17) is 14.2 Å². The minimum Gasteiger partial charge on any atom is -0.496 e. The Hall–Kier alpha value is -3.34. The summed E-state index contributed by atoms with van der Waals surface area (Å²) in [6.45, 7) is 0. The molecule has 2 aromatic carbocycles. The summed E-state index contributed by atoms with van der Waals surface area (Å²) in [7, 11) is 4.53. The first kappa shape index (κ1) is 17.5. The molecule has 0 amide bonds. The molecule has 1 heterocycles. The largest absolute Gasteiger partial charge is 0.496 e. The van der Waals surface area contributed by atoms with Gasteiger partial charge >= 0.3 is 5.97 Å². The minimum atomic E-state index is -0.472. The molecule has 0 radical (unpaired) electrons. The van der Waals surface area contributed by atoms with Crippen molar-refractivity contribution in [2.45, 2.75) is 0 Å². The molecule has 0 fully saturated rings. The van der Waals surface area contributed by atoms with Crippen molar-refractivity contribution in [2.24, 2.45) is 0 Å². The highest BCUT2D eigenvalue weighted by Crippen LogP contribution is 2.38. The predicted octanol–water partition coefficient (Wildman–Crippen LogP) is 4.22. The van der Waals surface area contributed by atoms with Crippen LogP contribution in [0.5, 0.6) is 11.5 Å². The first-order chi connectivity index (χ1) is 12.7. The average molecular weight is 349 g/mol. The number of hydrogen-bond donors (Lipinski definition) is 0. The molecule has 132 valence electrons. The van der Waals surface area contributed by atoms with Crippen LogP contribution in [0.4, 0.5) is 0 Å². The lowest BCUT2D eigenvalue weighted by Gasteiger charge is -2.16. The number of pyridine rings is 1. The van der Waals surface area contributed by atoms with Crippen LogP contribution < -0.4 is 9.47 Å². The van der Waals surface area contributed by atoms with E-state index in [1.807, 2.05) is 48.5 Å². The second kappa shape index (κ2) is 7.70. The van der Waals surface area contributed by atoms with Crippen molar-refractivity contribution in [3.05, 3.63) is 66.4 Å². The van der Waals surface area contributed by atoms with Gasteiger partial charge in [0.05, 0.1) is 32.6 Å². The summed E-state index contributed by atoms with van der Waals surface area (Å²) in [5, 5.41) is 0. The van der Waals surface area contributed by atoms with Crippen molar-refractivity contribution in [1.29, 1.82) is 0 Å². The fourth-order valence-electron chi connectivity index (χ4n) is 2.91. The Morgan fingerprint density at radius 1 is 0.769 bits per heavy atom. The summed E-state index contributed by atoms with van der Waals surface area (Å²) >= 11 is 0. The van der Waals surface area contributed by atoms with Gasteiger partial charge in [0.15, 0.2) is 0 Å². The zero-order valence-electron chi connectivity index (χ0n) is 14.9. The Morgan fingerprint density at radius 3 is 1.96 bits per heavy atom. The van der Waals surface area contributed by atoms with Gasteiger partial charge in [-0.1, -0.05) is 30.3 Å². The van der Waals surface area contributed by atoms with Crippen molar-refractivity contribution in [3.63, 3.8) is 0 Å². The zero-order chi connectivity index (χ0) is 18.5. The Morgan fingerprint density at radius 2 is 1.35 bits per heavy atom. The van der Waals surface area contributed by atoms with Crippen molar-refractivity contribution in [2.75, 3.05) is 21.3 Å². The summed E-state index contributed by atoms with van der Waals surface area (Å²) < 4.78 is 16.0. The third-order valence-corrected chi connectivity index (χ3v) is 4.10. The molecular weight excluding hydrogens is 330 g/mol. The van der Waals surface area contributed by atoms with Gasteiger partial charge in [-0.05, 0) is 24.3 Å². The van der Waals surface area contributed by atoms with Crippen LogP contribution in [0.15, 0.2) is 60.8 Å². The van der Waals surface area contributed by atoms with E-state index >= 15 is 0 Å². The highest BCUT2D eigenvalue weighted by molar-refractivity contribution is 6.04. The minimum absolute atomic E-state index is 0.365. The Balaban J connectivity index is 2.33. The Labute approximate surface area is 152 Å². The molecule has 3 rings (SSSR count). The van der Waals surface area contributed by atoms with Crippen LogP contribution in [0.1, 0.15) is 10.4 Å². The lowest BCUT2D eigenvalue weighted by molar-refractivity contribution is 0.0602. The molecule has 0 aliphatic rings. The number of nitrogens with zero attached hydrogens (tertiary/aromatic N) is 1.